The second kappa shape index (κ2) is 9.71. The number of aromatic nitrogens is 1. The van der Waals surface area contributed by atoms with E-state index in [1.54, 1.807) is 12.1 Å². The van der Waals surface area contributed by atoms with Crippen LogP contribution in [0, 0.1) is 5.92 Å². The van der Waals surface area contributed by atoms with E-state index in [2.05, 4.69) is 10.2 Å². The molecule has 8 heteroatoms. The van der Waals surface area contributed by atoms with Gasteiger partial charge in [0, 0.05) is 50.3 Å². The Morgan fingerprint density at radius 3 is 2.61 bits per heavy atom. The standard InChI is InChI=1S/C23H34N4O3S/c1-25-15-10-19-17-21(8-9-22(19)25)31(29,30)27-14-6-7-20(18-27)23(28)24-11-16-26-12-4-2-3-5-13-26/h8-10,15,17,20H,2-7,11-14,16,18H2,1H3,(H,24,28). The molecule has 1 amide bonds. The molecule has 0 bridgehead atoms. The molecule has 2 saturated heterocycles. The van der Waals surface area contributed by atoms with Gasteiger partial charge in [0.2, 0.25) is 15.9 Å². The lowest BCUT2D eigenvalue weighted by molar-refractivity contribution is -0.126. The van der Waals surface area contributed by atoms with Gasteiger partial charge in [-0.3, -0.25) is 4.79 Å². The molecule has 2 aromatic rings. The summed E-state index contributed by atoms with van der Waals surface area (Å²) in [7, 11) is -1.67. The van der Waals surface area contributed by atoms with Crippen molar-refractivity contribution in [2.24, 2.45) is 13.0 Å². The van der Waals surface area contributed by atoms with E-state index in [-0.39, 0.29) is 18.4 Å². The summed E-state index contributed by atoms with van der Waals surface area (Å²) in [6, 6.07) is 7.17. The molecule has 1 unspecified atom stereocenters. The summed E-state index contributed by atoms with van der Waals surface area (Å²) in [4.78, 5) is 15.5. The van der Waals surface area contributed by atoms with Crippen molar-refractivity contribution in [2.75, 3.05) is 39.3 Å². The largest absolute Gasteiger partial charge is 0.355 e. The van der Waals surface area contributed by atoms with Gasteiger partial charge in [0.1, 0.15) is 0 Å². The minimum atomic E-state index is -3.62. The number of fused-ring (bicyclic) bond motifs is 1. The summed E-state index contributed by atoms with van der Waals surface area (Å²) in [6.07, 6.45) is 8.43. The van der Waals surface area contributed by atoms with Gasteiger partial charge in [-0.15, -0.1) is 0 Å². The highest BCUT2D eigenvalue weighted by Crippen LogP contribution is 2.26. The van der Waals surface area contributed by atoms with E-state index >= 15 is 0 Å². The van der Waals surface area contributed by atoms with Crippen molar-refractivity contribution in [3.8, 4) is 0 Å². The number of hydrogen-bond donors (Lipinski definition) is 1. The first-order chi connectivity index (χ1) is 14.9. The molecular weight excluding hydrogens is 412 g/mol. The van der Waals surface area contributed by atoms with Crippen LogP contribution in [0.15, 0.2) is 35.4 Å². The fraction of sp³-hybridized carbons (Fsp3) is 0.609. The van der Waals surface area contributed by atoms with Gasteiger partial charge in [-0.2, -0.15) is 4.31 Å². The molecule has 7 nitrogen and oxygen atoms in total. The van der Waals surface area contributed by atoms with Crippen LogP contribution in [-0.4, -0.2) is 67.4 Å². The van der Waals surface area contributed by atoms with Crippen LogP contribution in [0.4, 0.5) is 0 Å². The van der Waals surface area contributed by atoms with Gasteiger partial charge in [0.05, 0.1) is 10.8 Å². The number of aryl methyl sites for hydroxylation is 1. The fourth-order valence-electron chi connectivity index (χ4n) is 4.79. The minimum Gasteiger partial charge on any atom is -0.355 e. The SMILES string of the molecule is Cn1ccc2cc(S(=O)(=O)N3CCCC(C(=O)NCCN4CCCCCC4)C3)ccc21. The van der Waals surface area contributed by atoms with Crippen LogP contribution in [0.1, 0.15) is 38.5 Å². The molecule has 1 N–H and O–H groups in total. The maximum Gasteiger partial charge on any atom is 0.243 e. The second-order valence-electron chi connectivity index (χ2n) is 8.90. The van der Waals surface area contributed by atoms with Crippen molar-refractivity contribution in [1.82, 2.24) is 19.1 Å². The van der Waals surface area contributed by atoms with Crippen LogP contribution in [0.2, 0.25) is 0 Å². The molecule has 2 fully saturated rings. The molecule has 0 spiro atoms. The molecule has 0 aliphatic carbocycles. The molecule has 4 rings (SSSR count). The maximum atomic E-state index is 13.2. The topological polar surface area (TPSA) is 74.6 Å². The van der Waals surface area contributed by atoms with E-state index in [0.29, 0.717) is 24.4 Å². The van der Waals surface area contributed by atoms with E-state index < -0.39 is 10.0 Å². The first-order valence-corrected chi connectivity index (χ1v) is 12.9. The lowest BCUT2D eigenvalue weighted by atomic mass is 9.99. The summed E-state index contributed by atoms with van der Waals surface area (Å²) in [5.41, 5.74) is 0.999. The summed E-state index contributed by atoms with van der Waals surface area (Å²) < 4.78 is 29.9. The first-order valence-electron chi connectivity index (χ1n) is 11.5. The number of carbonyl (C=O) groups excluding carboxylic acids is 1. The van der Waals surface area contributed by atoms with Gasteiger partial charge in [-0.1, -0.05) is 12.8 Å². The Hall–Kier alpha value is -1.90. The molecule has 3 heterocycles. The molecule has 2 aliphatic rings. The number of sulfonamides is 1. The summed E-state index contributed by atoms with van der Waals surface area (Å²) in [5.74, 6) is -0.304. The predicted molar refractivity (Wildman–Crippen MR) is 122 cm³/mol. The van der Waals surface area contributed by atoms with Crippen molar-refractivity contribution < 1.29 is 13.2 Å². The minimum absolute atomic E-state index is 0.0202. The van der Waals surface area contributed by atoms with E-state index in [9.17, 15) is 13.2 Å². The normalized spacial score (nSPS) is 21.8. The molecule has 1 aromatic heterocycles. The average molecular weight is 447 g/mol. The number of amides is 1. The van der Waals surface area contributed by atoms with Gasteiger partial charge in [-0.25, -0.2) is 8.42 Å². The maximum absolute atomic E-state index is 13.2. The van der Waals surface area contributed by atoms with Crippen LogP contribution < -0.4 is 5.32 Å². The third-order valence-electron chi connectivity index (χ3n) is 6.68. The Morgan fingerprint density at radius 1 is 1.06 bits per heavy atom. The van der Waals surface area contributed by atoms with Crippen LogP contribution in [-0.2, 0) is 21.9 Å². The number of nitrogens with zero attached hydrogens (tertiary/aromatic N) is 3. The molecule has 0 radical (unpaired) electrons. The number of nitrogens with one attached hydrogen (secondary N) is 1. The van der Waals surface area contributed by atoms with Crippen molar-refractivity contribution in [2.45, 2.75) is 43.4 Å². The zero-order valence-electron chi connectivity index (χ0n) is 18.4. The van der Waals surface area contributed by atoms with Crippen LogP contribution in [0.25, 0.3) is 10.9 Å². The fourth-order valence-corrected chi connectivity index (χ4v) is 6.35. The van der Waals surface area contributed by atoms with Crippen molar-refractivity contribution >= 4 is 26.8 Å². The van der Waals surface area contributed by atoms with Crippen LogP contribution in [0.3, 0.4) is 0 Å². The lowest BCUT2D eigenvalue weighted by Gasteiger charge is -2.31. The number of carbonyl (C=O) groups is 1. The Balaban J connectivity index is 1.35. The van der Waals surface area contributed by atoms with Gasteiger partial charge >= 0.3 is 0 Å². The lowest BCUT2D eigenvalue weighted by Crippen LogP contribution is -2.46. The highest BCUT2D eigenvalue weighted by Gasteiger charge is 2.33. The summed E-state index contributed by atoms with van der Waals surface area (Å²) in [6.45, 7) is 4.44. The molecule has 31 heavy (non-hydrogen) atoms. The van der Waals surface area contributed by atoms with Gasteiger partial charge in [0.25, 0.3) is 0 Å². The third kappa shape index (κ3) is 5.13. The zero-order valence-corrected chi connectivity index (χ0v) is 19.2. The predicted octanol–water partition coefficient (Wildman–Crippen LogP) is 2.57. The number of benzene rings is 1. The van der Waals surface area contributed by atoms with E-state index in [1.807, 2.05) is 29.9 Å². The quantitative estimate of drug-likeness (QED) is 0.740. The van der Waals surface area contributed by atoms with E-state index in [4.69, 9.17) is 0 Å². The monoisotopic (exact) mass is 446 g/mol. The van der Waals surface area contributed by atoms with Gasteiger partial charge < -0.3 is 14.8 Å². The second-order valence-corrected chi connectivity index (χ2v) is 10.8. The molecule has 1 atom stereocenters. The smallest absolute Gasteiger partial charge is 0.243 e. The highest BCUT2D eigenvalue weighted by atomic mass is 32.2. The van der Waals surface area contributed by atoms with Crippen LogP contribution >= 0.6 is 0 Å². The Labute approximate surface area is 185 Å². The van der Waals surface area contributed by atoms with Crippen molar-refractivity contribution in [3.05, 3.63) is 30.5 Å². The summed E-state index contributed by atoms with van der Waals surface area (Å²) in [5, 5.41) is 3.96. The Kier molecular flexibility index (Phi) is 6.99. The zero-order chi connectivity index (χ0) is 21.8. The summed E-state index contributed by atoms with van der Waals surface area (Å²) >= 11 is 0. The van der Waals surface area contributed by atoms with Crippen LogP contribution in [0.5, 0.6) is 0 Å². The number of likely N-dealkylation sites (tertiary alicyclic amines) is 1. The first kappa shape index (κ1) is 22.3. The van der Waals surface area contributed by atoms with Gasteiger partial charge in [0.15, 0.2) is 0 Å². The number of hydrogen-bond acceptors (Lipinski definition) is 4. The van der Waals surface area contributed by atoms with Gasteiger partial charge in [-0.05, 0) is 63.0 Å². The Morgan fingerprint density at radius 2 is 1.84 bits per heavy atom. The number of piperidine rings is 1. The molecule has 0 saturated carbocycles. The molecule has 2 aliphatic heterocycles. The average Bonchev–Trinajstić information content (AvgIpc) is 2.97. The molecule has 1 aromatic carbocycles. The highest BCUT2D eigenvalue weighted by molar-refractivity contribution is 7.89. The third-order valence-corrected chi connectivity index (χ3v) is 8.54. The Bertz CT molecular complexity index is 1010. The van der Waals surface area contributed by atoms with E-state index in [1.165, 1.54) is 30.0 Å². The van der Waals surface area contributed by atoms with E-state index in [0.717, 1.165) is 37.0 Å². The number of rotatable bonds is 6. The molecular formula is C23H34N4O3S. The molecule has 170 valence electrons. The van der Waals surface area contributed by atoms with Crippen molar-refractivity contribution in [3.63, 3.8) is 0 Å². The van der Waals surface area contributed by atoms with Crippen molar-refractivity contribution in [1.29, 1.82) is 0 Å².